The highest BCUT2D eigenvalue weighted by molar-refractivity contribution is 5.82. The summed E-state index contributed by atoms with van der Waals surface area (Å²) in [5, 5.41) is 0. The molecule has 1 aromatic heterocycles. The predicted molar refractivity (Wildman–Crippen MR) is 112 cm³/mol. The van der Waals surface area contributed by atoms with Crippen LogP contribution >= 0.6 is 0 Å². The Balaban J connectivity index is 1.14. The maximum atomic E-state index is 12.9. The number of fused-ring (bicyclic) bond motifs is 1. The van der Waals surface area contributed by atoms with Crippen molar-refractivity contribution in [1.29, 1.82) is 0 Å². The summed E-state index contributed by atoms with van der Waals surface area (Å²) < 4.78 is 0. The Kier molecular flexibility index (Phi) is 5.01. The smallest absolute Gasteiger partial charge is 0.241 e. The van der Waals surface area contributed by atoms with Crippen molar-refractivity contribution in [2.75, 3.05) is 26.2 Å². The molecule has 2 saturated heterocycles. The van der Waals surface area contributed by atoms with Crippen LogP contribution in [0.15, 0.2) is 54.6 Å². The standard InChI is InChI=1S/C22H26N6O/c29-22(20-14-19(25-26-20)16-6-2-1-3-7-16)28-12-10-27(11-13-28)15-21-23-17-8-4-5-9-18(17)24-21/h1-9,19-20,25-26H,10-15H2,(H,23,24). The lowest BCUT2D eigenvalue weighted by atomic mass is 10.0. The molecule has 0 spiro atoms. The Bertz CT molecular complexity index is 946. The molecule has 0 bridgehead atoms. The van der Waals surface area contributed by atoms with Gasteiger partial charge in [0.25, 0.3) is 0 Å². The molecule has 29 heavy (non-hydrogen) atoms. The number of hydrogen-bond donors (Lipinski definition) is 3. The van der Waals surface area contributed by atoms with Crippen LogP contribution in [0.5, 0.6) is 0 Å². The fraction of sp³-hybridized carbons (Fsp3) is 0.364. The number of H-pyrrole nitrogens is 1. The lowest BCUT2D eigenvalue weighted by Gasteiger charge is -2.35. The van der Waals surface area contributed by atoms with E-state index in [2.05, 4.69) is 37.9 Å². The van der Waals surface area contributed by atoms with E-state index in [0.717, 1.165) is 56.0 Å². The van der Waals surface area contributed by atoms with Crippen LogP contribution in [0.1, 0.15) is 23.9 Å². The number of piperazine rings is 1. The molecule has 0 saturated carbocycles. The molecule has 7 heteroatoms. The number of para-hydroxylation sites is 2. The average molecular weight is 390 g/mol. The van der Waals surface area contributed by atoms with Crippen LogP contribution < -0.4 is 10.9 Å². The first-order valence-electron chi connectivity index (χ1n) is 10.3. The molecule has 0 aliphatic carbocycles. The molecule has 2 aromatic carbocycles. The number of rotatable bonds is 4. The molecule has 3 N–H and O–H groups in total. The van der Waals surface area contributed by atoms with Crippen molar-refractivity contribution in [2.24, 2.45) is 0 Å². The molecule has 7 nitrogen and oxygen atoms in total. The van der Waals surface area contributed by atoms with Crippen molar-refractivity contribution in [3.05, 3.63) is 66.0 Å². The largest absolute Gasteiger partial charge is 0.341 e. The Morgan fingerprint density at radius 3 is 2.52 bits per heavy atom. The summed E-state index contributed by atoms with van der Waals surface area (Å²) in [5.41, 5.74) is 9.77. The second kappa shape index (κ2) is 7.94. The van der Waals surface area contributed by atoms with Crippen LogP contribution in [-0.2, 0) is 11.3 Å². The van der Waals surface area contributed by atoms with E-state index in [1.165, 1.54) is 5.56 Å². The van der Waals surface area contributed by atoms with Crippen LogP contribution in [0.25, 0.3) is 11.0 Å². The molecule has 2 atom stereocenters. The van der Waals surface area contributed by atoms with Gasteiger partial charge in [0.2, 0.25) is 5.91 Å². The van der Waals surface area contributed by atoms with E-state index < -0.39 is 0 Å². The molecular formula is C22H26N6O. The predicted octanol–water partition coefficient (Wildman–Crippen LogP) is 1.81. The van der Waals surface area contributed by atoms with Gasteiger partial charge in [0.05, 0.1) is 17.6 Å². The zero-order chi connectivity index (χ0) is 19.6. The number of carbonyl (C=O) groups is 1. The number of aromatic amines is 1. The minimum atomic E-state index is -0.165. The molecule has 2 fully saturated rings. The summed E-state index contributed by atoms with van der Waals surface area (Å²) in [6.45, 7) is 4.03. The fourth-order valence-electron chi connectivity index (χ4n) is 4.26. The van der Waals surface area contributed by atoms with Gasteiger partial charge in [0.15, 0.2) is 0 Å². The van der Waals surface area contributed by atoms with Crippen molar-refractivity contribution in [1.82, 2.24) is 30.6 Å². The van der Waals surface area contributed by atoms with E-state index in [9.17, 15) is 4.79 Å². The van der Waals surface area contributed by atoms with Crippen LogP contribution in [0.4, 0.5) is 0 Å². The SMILES string of the molecule is O=C(C1CC(c2ccccc2)NN1)N1CCN(Cc2nc3ccccc3[nH]2)CC1. The first kappa shape index (κ1) is 18.3. The van der Waals surface area contributed by atoms with Gasteiger partial charge in [-0.05, 0) is 24.1 Å². The van der Waals surface area contributed by atoms with E-state index in [0.29, 0.717) is 0 Å². The highest BCUT2D eigenvalue weighted by Crippen LogP contribution is 2.23. The Morgan fingerprint density at radius 2 is 1.72 bits per heavy atom. The summed E-state index contributed by atoms with van der Waals surface area (Å²) in [7, 11) is 0. The lowest BCUT2D eigenvalue weighted by molar-refractivity contribution is -0.135. The molecule has 150 valence electrons. The van der Waals surface area contributed by atoms with Gasteiger partial charge in [0, 0.05) is 32.2 Å². The van der Waals surface area contributed by atoms with Gasteiger partial charge >= 0.3 is 0 Å². The quantitative estimate of drug-likeness (QED) is 0.634. The number of benzene rings is 2. The van der Waals surface area contributed by atoms with Gasteiger partial charge in [-0.3, -0.25) is 9.69 Å². The van der Waals surface area contributed by atoms with Crippen LogP contribution in [0, 0.1) is 0 Å². The monoisotopic (exact) mass is 390 g/mol. The Labute approximate surface area is 170 Å². The molecule has 2 unspecified atom stereocenters. The van der Waals surface area contributed by atoms with Gasteiger partial charge in [0.1, 0.15) is 11.9 Å². The molecular weight excluding hydrogens is 364 g/mol. The van der Waals surface area contributed by atoms with Gasteiger partial charge < -0.3 is 9.88 Å². The number of hydrazine groups is 1. The molecule has 2 aliphatic rings. The number of hydrogen-bond acceptors (Lipinski definition) is 5. The number of amides is 1. The van der Waals surface area contributed by atoms with Gasteiger partial charge in [-0.15, -0.1) is 0 Å². The van der Waals surface area contributed by atoms with Gasteiger partial charge in [-0.25, -0.2) is 15.8 Å². The second-order valence-corrected chi connectivity index (χ2v) is 7.84. The number of imidazole rings is 1. The number of nitrogens with zero attached hydrogens (tertiary/aromatic N) is 3. The fourth-order valence-corrected chi connectivity index (χ4v) is 4.26. The number of nitrogens with one attached hydrogen (secondary N) is 3. The first-order chi connectivity index (χ1) is 14.3. The average Bonchev–Trinajstić information content (AvgIpc) is 3.41. The van der Waals surface area contributed by atoms with Crippen LogP contribution in [0.3, 0.4) is 0 Å². The lowest BCUT2D eigenvalue weighted by Crippen LogP contribution is -2.53. The number of carbonyl (C=O) groups excluding carboxylic acids is 1. The minimum Gasteiger partial charge on any atom is -0.341 e. The van der Waals surface area contributed by atoms with Crippen molar-refractivity contribution in [2.45, 2.75) is 25.0 Å². The summed E-state index contributed by atoms with van der Waals surface area (Å²) in [5.74, 6) is 1.18. The molecule has 0 radical (unpaired) electrons. The normalized spacial score (nSPS) is 23.0. The summed E-state index contributed by atoms with van der Waals surface area (Å²) in [6.07, 6.45) is 0.780. The van der Waals surface area contributed by atoms with Crippen molar-refractivity contribution >= 4 is 16.9 Å². The third-order valence-electron chi connectivity index (χ3n) is 5.90. The topological polar surface area (TPSA) is 76.3 Å². The Hall–Kier alpha value is -2.74. The van der Waals surface area contributed by atoms with E-state index >= 15 is 0 Å². The summed E-state index contributed by atoms with van der Waals surface area (Å²) in [4.78, 5) is 25.3. The first-order valence-corrected chi connectivity index (χ1v) is 10.3. The maximum absolute atomic E-state index is 12.9. The highest BCUT2D eigenvalue weighted by atomic mass is 16.2. The summed E-state index contributed by atoms with van der Waals surface area (Å²) in [6, 6.07) is 18.4. The molecule has 1 amide bonds. The maximum Gasteiger partial charge on any atom is 0.241 e. The van der Waals surface area contributed by atoms with Gasteiger partial charge in [-0.2, -0.15) is 0 Å². The van der Waals surface area contributed by atoms with E-state index in [1.54, 1.807) is 0 Å². The number of aromatic nitrogens is 2. The summed E-state index contributed by atoms with van der Waals surface area (Å²) >= 11 is 0. The molecule has 3 heterocycles. The third kappa shape index (κ3) is 3.89. The molecule has 2 aliphatic heterocycles. The zero-order valence-electron chi connectivity index (χ0n) is 16.3. The highest BCUT2D eigenvalue weighted by Gasteiger charge is 2.34. The Morgan fingerprint density at radius 1 is 0.966 bits per heavy atom. The molecule has 5 rings (SSSR count). The second-order valence-electron chi connectivity index (χ2n) is 7.84. The molecule has 3 aromatic rings. The van der Waals surface area contributed by atoms with E-state index in [-0.39, 0.29) is 18.0 Å². The van der Waals surface area contributed by atoms with Crippen LogP contribution in [-0.4, -0.2) is 57.9 Å². The van der Waals surface area contributed by atoms with Crippen molar-refractivity contribution < 1.29 is 4.79 Å². The van der Waals surface area contributed by atoms with E-state index in [1.807, 2.05) is 47.4 Å². The van der Waals surface area contributed by atoms with Crippen molar-refractivity contribution in [3.63, 3.8) is 0 Å². The van der Waals surface area contributed by atoms with E-state index in [4.69, 9.17) is 0 Å². The zero-order valence-corrected chi connectivity index (χ0v) is 16.3. The van der Waals surface area contributed by atoms with Crippen LogP contribution in [0.2, 0.25) is 0 Å². The third-order valence-corrected chi connectivity index (χ3v) is 5.90. The van der Waals surface area contributed by atoms with Gasteiger partial charge in [-0.1, -0.05) is 42.5 Å². The minimum absolute atomic E-state index is 0.165. The van der Waals surface area contributed by atoms with Crippen molar-refractivity contribution in [3.8, 4) is 0 Å².